The standard InChI is InChI=1S/C7H11ClO/c1-7(2)3-4-9-6(7)5-8/h5H,3-4H2,1-2H3. The first-order chi connectivity index (χ1) is 4.17. The lowest BCUT2D eigenvalue weighted by Crippen LogP contribution is -2.06. The molecule has 1 nitrogen and oxygen atoms in total. The molecule has 1 fully saturated rings. The van der Waals surface area contributed by atoms with Crippen molar-refractivity contribution in [2.75, 3.05) is 6.61 Å². The van der Waals surface area contributed by atoms with Gasteiger partial charge in [-0.2, -0.15) is 0 Å². The molecule has 0 aromatic rings. The van der Waals surface area contributed by atoms with E-state index in [2.05, 4.69) is 13.8 Å². The van der Waals surface area contributed by atoms with Crippen LogP contribution in [0.1, 0.15) is 20.3 Å². The summed E-state index contributed by atoms with van der Waals surface area (Å²) in [5.41, 5.74) is 1.70. The fraction of sp³-hybridized carbons (Fsp3) is 0.714. The predicted molar refractivity (Wildman–Crippen MR) is 38.3 cm³/mol. The van der Waals surface area contributed by atoms with Crippen molar-refractivity contribution in [1.29, 1.82) is 0 Å². The van der Waals surface area contributed by atoms with E-state index in [4.69, 9.17) is 16.3 Å². The van der Waals surface area contributed by atoms with Gasteiger partial charge in [0.05, 0.1) is 6.61 Å². The molecule has 1 aliphatic rings. The Balaban J connectivity index is 2.75. The number of halogens is 1. The molecule has 0 spiro atoms. The molecule has 0 aliphatic carbocycles. The van der Waals surface area contributed by atoms with Gasteiger partial charge in [0.1, 0.15) is 5.76 Å². The Morgan fingerprint density at radius 1 is 1.67 bits per heavy atom. The quantitative estimate of drug-likeness (QED) is 0.510. The summed E-state index contributed by atoms with van der Waals surface area (Å²) in [5.74, 6) is 0.921. The maximum absolute atomic E-state index is 5.51. The lowest BCUT2D eigenvalue weighted by molar-refractivity contribution is 0.251. The number of allylic oxidation sites excluding steroid dienone is 1. The highest BCUT2D eigenvalue weighted by atomic mass is 35.5. The monoisotopic (exact) mass is 146 g/mol. The van der Waals surface area contributed by atoms with Crippen LogP contribution in [0.15, 0.2) is 11.3 Å². The molecule has 9 heavy (non-hydrogen) atoms. The molecule has 0 saturated carbocycles. The van der Waals surface area contributed by atoms with Gasteiger partial charge in [-0.3, -0.25) is 0 Å². The van der Waals surface area contributed by atoms with Gasteiger partial charge in [0.2, 0.25) is 0 Å². The second kappa shape index (κ2) is 2.22. The van der Waals surface area contributed by atoms with Crippen LogP contribution in [-0.2, 0) is 4.74 Å². The van der Waals surface area contributed by atoms with Crippen molar-refractivity contribution in [2.24, 2.45) is 5.41 Å². The van der Waals surface area contributed by atoms with Gasteiger partial charge >= 0.3 is 0 Å². The van der Waals surface area contributed by atoms with Gasteiger partial charge in [0.15, 0.2) is 0 Å². The van der Waals surface area contributed by atoms with Gasteiger partial charge < -0.3 is 4.74 Å². The summed E-state index contributed by atoms with van der Waals surface area (Å²) in [4.78, 5) is 0. The molecular weight excluding hydrogens is 136 g/mol. The summed E-state index contributed by atoms with van der Waals surface area (Å²) in [6, 6.07) is 0. The van der Waals surface area contributed by atoms with Crippen molar-refractivity contribution in [3.05, 3.63) is 11.3 Å². The normalized spacial score (nSPS) is 28.6. The fourth-order valence-corrected chi connectivity index (χ4v) is 1.27. The van der Waals surface area contributed by atoms with Crippen LogP contribution in [0.5, 0.6) is 0 Å². The van der Waals surface area contributed by atoms with E-state index < -0.39 is 0 Å². The average molecular weight is 147 g/mol. The van der Waals surface area contributed by atoms with Crippen LogP contribution >= 0.6 is 11.6 Å². The third-order valence-electron chi connectivity index (χ3n) is 1.75. The van der Waals surface area contributed by atoms with E-state index in [1.165, 1.54) is 5.54 Å². The number of hydrogen-bond donors (Lipinski definition) is 0. The SMILES string of the molecule is CC1(C)CCOC1=CCl. The summed E-state index contributed by atoms with van der Waals surface area (Å²) in [7, 11) is 0. The van der Waals surface area contributed by atoms with E-state index in [0.29, 0.717) is 0 Å². The Labute approximate surface area is 60.7 Å². The van der Waals surface area contributed by atoms with E-state index in [1.807, 2.05) is 0 Å². The highest BCUT2D eigenvalue weighted by Crippen LogP contribution is 2.37. The lowest BCUT2D eigenvalue weighted by atomic mass is 9.90. The molecule has 0 N–H and O–H groups in total. The highest BCUT2D eigenvalue weighted by molar-refractivity contribution is 6.25. The molecule has 1 heterocycles. The largest absolute Gasteiger partial charge is 0.496 e. The number of rotatable bonds is 0. The fourth-order valence-electron chi connectivity index (χ4n) is 0.914. The topological polar surface area (TPSA) is 9.23 Å². The number of hydrogen-bond acceptors (Lipinski definition) is 1. The van der Waals surface area contributed by atoms with Gasteiger partial charge in [0.25, 0.3) is 0 Å². The van der Waals surface area contributed by atoms with E-state index in [9.17, 15) is 0 Å². The van der Waals surface area contributed by atoms with Crippen LogP contribution < -0.4 is 0 Å². The van der Waals surface area contributed by atoms with Crippen LogP contribution in [0.4, 0.5) is 0 Å². The van der Waals surface area contributed by atoms with E-state index in [-0.39, 0.29) is 5.41 Å². The Morgan fingerprint density at radius 2 is 2.33 bits per heavy atom. The molecule has 0 amide bonds. The molecule has 1 aliphatic heterocycles. The number of ether oxygens (including phenoxy) is 1. The Morgan fingerprint density at radius 3 is 2.56 bits per heavy atom. The summed E-state index contributed by atoms with van der Waals surface area (Å²) in [6.07, 6.45) is 1.07. The molecule has 0 aromatic heterocycles. The van der Waals surface area contributed by atoms with E-state index in [1.54, 1.807) is 0 Å². The van der Waals surface area contributed by atoms with Gasteiger partial charge in [0, 0.05) is 11.0 Å². The molecule has 0 unspecified atom stereocenters. The minimum absolute atomic E-state index is 0.168. The molecule has 0 radical (unpaired) electrons. The zero-order chi connectivity index (χ0) is 6.91. The maximum atomic E-state index is 5.51. The minimum atomic E-state index is 0.168. The average Bonchev–Trinajstić information content (AvgIpc) is 2.08. The second-order valence-corrected chi connectivity index (χ2v) is 3.17. The Hall–Kier alpha value is -0.170. The Bertz CT molecular complexity index is 138. The smallest absolute Gasteiger partial charge is 0.113 e. The zero-order valence-electron chi connectivity index (χ0n) is 5.78. The minimum Gasteiger partial charge on any atom is -0.496 e. The first-order valence-electron chi connectivity index (χ1n) is 3.10. The van der Waals surface area contributed by atoms with Crippen LogP contribution in [0, 0.1) is 5.41 Å². The maximum Gasteiger partial charge on any atom is 0.113 e. The van der Waals surface area contributed by atoms with Gasteiger partial charge in [-0.25, -0.2) is 0 Å². The lowest BCUT2D eigenvalue weighted by Gasteiger charge is -2.14. The molecule has 0 aromatic carbocycles. The molecule has 2 heteroatoms. The summed E-state index contributed by atoms with van der Waals surface area (Å²) in [6.45, 7) is 5.08. The highest BCUT2D eigenvalue weighted by Gasteiger charge is 2.30. The molecule has 1 saturated heterocycles. The van der Waals surface area contributed by atoms with Crippen LogP contribution in [0.2, 0.25) is 0 Å². The van der Waals surface area contributed by atoms with Gasteiger partial charge in [-0.1, -0.05) is 25.4 Å². The molecule has 1 rings (SSSR count). The van der Waals surface area contributed by atoms with Crippen molar-refractivity contribution in [3.8, 4) is 0 Å². The van der Waals surface area contributed by atoms with E-state index in [0.717, 1.165) is 18.8 Å². The van der Waals surface area contributed by atoms with Crippen LogP contribution in [0.25, 0.3) is 0 Å². The van der Waals surface area contributed by atoms with Crippen LogP contribution in [-0.4, -0.2) is 6.61 Å². The second-order valence-electron chi connectivity index (χ2n) is 2.96. The van der Waals surface area contributed by atoms with Crippen molar-refractivity contribution >= 4 is 11.6 Å². The molecule has 0 bridgehead atoms. The zero-order valence-corrected chi connectivity index (χ0v) is 6.53. The first kappa shape index (κ1) is 6.94. The molecular formula is C7H11ClO. The predicted octanol–water partition coefficient (Wildman–Crippen LogP) is 2.51. The summed E-state index contributed by atoms with van der Waals surface area (Å²) >= 11 is 5.51. The van der Waals surface area contributed by atoms with E-state index >= 15 is 0 Å². The van der Waals surface area contributed by atoms with Gasteiger partial charge in [-0.15, -0.1) is 0 Å². The first-order valence-corrected chi connectivity index (χ1v) is 3.54. The summed E-state index contributed by atoms with van der Waals surface area (Å²) in [5, 5.41) is 0. The van der Waals surface area contributed by atoms with Crippen molar-refractivity contribution < 1.29 is 4.74 Å². The van der Waals surface area contributed by atoms with Crippen LogP contribution in [0.3, 0.4) is 0 Å². The third kappa shape index (κ3) is 1.21. The van der Waals surface area contributed by atoms with Crippen molar-refractivity contribution in [3.63, 3.8) is 0 Å². The molecule has 52 valence electrons. The molecule has 0 atom stereocenters. The Kier molecular flexibility index (Phi) is 1.71. The summed E-state index contributed by atoms with van der Waals surface area (Å²) < 4.78 is 5.25. The van der Waals surface area contributed by atoms with Crippen molar-refractivity contribution in [2.45, 2.75) is 20.3 Å². The van der Waals surface area contributed by atoms with Crippen molar-refractivity contribution in [1.82, 2.24) is 0 Å². The third-order valence-corrected chi connectivity index (χ3v) is 1.95. The van der Waals surface area contributed by atoms with Gasteiger partial charge in [-0.05, 0) is 6.42 Å².